The average Bonchev–Trinajstić information content (AvgIpc) is 3.54. The lowest BCUT2D eigenvalue weighted by Gasteiger charge is -2.28. The molecule has 0 saturated heterocycles. The normalized spacial score (nSPS) is 14.7. The van der Waals surface area contributed by atoms with Crippen molar-refractivity contribution in [3.05, 3.63) is 63.4 Å². The Morgan fingerprint density at radius 1 is 1.26 bits per heavy atom. The lowest BCUT2D eigenvalue weighted by Crippen LogP contribution is -2.39. The minimum absolute atomic E-state index is 0.00885. The van der Waals surface area contributed by atoms with E-state index in [1.165, 1.54) is 54.9 Å². The van der Waals surface area contributed by atoms with E-state index in [0.717, 1.165) is 30.6 Å². The number of carbonyl (C=O) groups excluding carboxylic acids is 1. The van der Waals surface area contributed by atoms with Gasteiger partial charge in [0.2, 0.25) is 16.6 Å². The van der Waals surface area contributed by atoms with E-state index in [9.17, 15) is 19.1 Å². The molecular weight excluding hydrogens is 671 g/mol. The molecule has 6 rings (SSSR count). The van der Waals surface area contributed by atoms with Crippen LogP contribution in [0.5, 0.6) is 17.5 Å². The molecule has 1 amide bonds. The third kappa shape index (κ3) is 7.51. The van der Waals surface area contributed by atoms with Crippen molar-refractivity contribution < 1.29 is 33.3 Å². The molecule has 47 heavy (non-hydrogen) atoms. The van der Waals surface area contributed by atoms with Crippen molar-refractivity contribution in [2.75, 3.05) is 32.3 Å². The number of aromatic nitrogens is 4. The van der Waals surface area contributed by atoms with Crippen molar-refractivity contribution in [1.82, 2.24) is 18.9 Å². The molecule has 0 unspecified atom stereocenters. The van der Waals surface area contributed by atoms with Gasteiger partial charge in [-0.2, -0.15) is 14.3 Å². The second-order valence-corrected chi connectivity index (χ2v) is 13.1. The predicted molar refractivity (Wildman–Crippen MR) is 174 cm³/mol. The molecule has 2 aliphatic heterocycles. The van der Waals surface area contributed by atoms with E-state index in [2.05, 4.69) is 39.1 Å². The van der Waals surface area contributed by atoms with Gasteiger partial charge in [-0.3, -0.25) is 9.69 Å². The van der Waals surface area contributed by atoms with E-state index in [4.69, 9.17) is 32.2 Å². The second-order valence-electron chi connectivity index (χ2n) is 10.9. The third-order valence-electron chi connectivity index (χ3n) is 6.90. The first-order valence-corrected chi connectivity index (χ1v) is 15.9. The van der Waals surface area contributed by atoms with Gasteiger partial charge in [-0.25, -0.2) is 14.2 Å². The molecule has 0 atom stereocenters. The molecular formula is C31H28ClFN6O6S2. The molecule has 0 saturated carbocycles. The molecule has 1 N–H and O–H groups in total. The van der Waals surface area contributed by atoms with Crippen LogP contribution in [0.3, 0.4) is 0 Å². The number of amides is 1. The Balaban J connectivity index is 0.000000189. The first-order chi connectivity index (χ1) is 22.4. The zero-order chi connectivity index (χ0) is 33.9. The number of nitrogens with zero attached hydrogens (tertiary/aromatic N) is 6. The highest BCUT2D eigenvalue weighted by atomic mass is 35.5. The lowest BCUT2D eigenvalue weighted by molar-refractivity contribution is -0.121. The summed E-state index contributed by atoms with van der Waals surface area (Å²) in [5, 5.41) is 9.69. The minimum Gasteiger partial charge on any atom is -0.481 e. The van der Waals surface area contributed by atoms with Crippen molar-refractivity contribution in [2.45, 2.75) is 36.9 Å². The summed E-state index contributed by atoms with van der Waals surface area (Å²) in [5.74, 6) is 2.45. The molecule has 244 valence electrons. The number of carboxylic acids is 1. The molecule has 0 spiro atoms. The Hall–Kier alpha value is -4.65. The van der Waals surface area contributed by atoms with Crippen LogP contribution in [-0.4, -0.2) is 63.3 Å². The maximum atomic E-state index is 14.5. The Morgan fingerprint density at radius 3 is 2.64 bits per heavy atom. The topological polar surface area (TPSA) is 141 Å². The molecule has 12 nitrogen and oxygen atoms in total. The number of ether oxygens (including phenoxy) is 3. The summed E-state index contributed by atoms with van der Waals surface area (Å²) in [6.07, 6.45) is 6.22. The fourth-order valence-electron chi connectivity index (χ4n) is 4.78. The number of hydrogen-bond donors (Lipinski definition) is 1. The van der Waals surface area contributed by atoms with Gasteiger partial charge in [-0.1, -0.05) is 37.4 Å². The number of carboxylic acid groups (broad SMARTS) is 1. The van der Waals surface area contributed by atoms with Crippen molar-refractivity contribution >= 4 is 58.1 Å². The summed E-state index contributed by atoms with van der Waals surface area (Å²) in [7, 11) is 2.94. The third-order valence-corrected chi connectivity index (χ3v) is 8.92. The molecule has 0 aliphatic carbocycles. The predicted octanol–water partition coefficient (Wildman–Crippen LogP) is 5.25. The summed E-state index contributed by atoms with van der Waals surface area (Å²) in [6.45, 7) is 5.05. The summed E-state index contributed by atoms with van der Waals surface area (Å²) >= 11 is 8.23. The van der Waals surface area contributed by atoms with Crippen molar-refractivity contribution in [3.8, 4) is 29.9 Å². The molecule has 0 bridgehead atoms. The fourth-order valence-corrected chi connectivity index (χ4v) is 6.76. The lowest BCUT2D eigenvalue weighted by atomic mass is 9.92. The van der Waals surface area contributed by atoms with Crippen LogP contribution in [0.15, 0.2) is 51.4 Å². The number of hydrogen-bond acceptors (Lipinski definition) is 11. The maximum Gasteiger partial charge on any atom is 0.338 e. The molecule has 16 heteroatoms. The van der Waals surface area contributed by atoms with E-state index in [0.29, 0.717) is 38.1 Å². The number of halogens is 2. The Labute approximate surface area is 282 Å². The summed E-state index contributed by atoms with van der Waals surface area (Å²) in [6, 6.07) is 9.10. The van der Waals surface area contributed by atoms with E-state index in [1.54, 1.807) is 12.1 Å². The second kappa shape index (κ2) is 14.0. The van der Waals surface area contributed by atoms with Gasteiger partial charge in [0.05, 0.1) is 43.1 Å². The van der Waals surface area contributed by atoms with Gasteiger partial charge in [0.15, 0.2) is 17.6 Å². The highest BCUT2D eigenvalue weighted by Crippen LogP contribution is 2.38. The zero-order valence-electron chi connectivity index (χ0n) is 25.6. The van der Waals surface area contributed by atoms with Gasteiger partial charge in [0.25, 0.3) is 5.91 Å². The number of anilines is 1. The minimum atomic E-state index is -1.11. The first-order valence-electron chi connectivity index (χ1n) is 13.9. The van der Waals surface area contributed by atoms with Crippen LogP contribution in [-0.2, 0) is 17.8 Å². The molecule has 0 fully saturated rings. The molecule has 2 aromatic carbocycles. The first kappa shape index (κ1) is 33.7. The molecule has 2 aliphatic rings. The number of methoxy groups -OCH3 is 2. The molecule has 0 radical (unpaired) electrons. The van der Waals surface area contributed by atoms with Gasteiger partial charge in [-0.05, 0) is 35.4 Å². The fraction of sp³-hybridized carbons (Fsp3) is 0.290. The largest absolute Gasteiger partial charge is 0.481 e. The van der Waals surface area contributed by atoms with Crippen LogP contribution >= 0.6 is 34.9 Å². The van der Waals surface area contributed by atoms with Crippen molar-refractivity contribution in [3.63, 3.8) is 0 Å². The van der Waals surface area contributed by atoms with E-state index < -0.39 is 11.8 Å². The van der Waals surface area contributed by atoms with Crippen LogP contribution in [0.1, 0.15) is 30.0 Å². The summed E-state index contributed by atoms with van der Waals surface area (Å²) < 4.78 is 36.4. The Morgan fingerprint density at radius 2 is 1.98 bits per heavy atom. The number of terminal acetylenes is 1. The quantitative estimate of drug-likeness (QED) is 0.201. The molecule has 4 aromatic rings. The number of benzene rings is 2. The van der Waals surface area contributed by atoms with Crippen molar-refractivity contribution in [2.24, 2.45) is 10.4 Å². The zero-order valence-corrected chi connectivity index (χ0v) is 28.0. The number of aromatic carboxylic acids is 1. The summed E-state index contributed by atoms with van der Waals surface area (Å²) in [4.78, 5) is 38.6. The average molecular weight is 699 g/mol. The SMILES string of the molecule is C#CCN1C(=O)COc2cc(F)c(/N=c3\snc4n3CC(C)(C)C4)cc21.COc1cc(OC)nc(Sc2cccc(Cl)c2C(=O)O)n1. The molecule has 4 heterocycles. The smallest absolute Gasteiger partial charge is 0.338 e. The van der Waals surface area contributed by atoms with E-state index in [-0.39, 0.29) is 40.7 Å². The van der Waals surface area contributed by atoms with Crippen LogP contribution in [0.25, 0.3) is 0 Å². The van der Waals surface area contributed by atoms with E-state index >= 15 is 0 Å². The highest BCUT2D eigenvalue weighted by molar-refractivity contribution is 7.99. The van der Waals surface area contributed by atoms with Gasteiger partial charge in [0, 0.05) is 35.5 Å². The Kier molecular flexibility index (Phi) is 10.0. The van der Waals surface area contributed by atoms with Crippen LogP contribution in [0.4, 0.5) is 15.8 Å². The maximum absolute atomic E-state index is 14.5. The van der Waals surface area contributed by atoms with Crippen LogP contribution < -0.4 is 23.9 Å². The van der Waals surface area contributed by atoms with Crippen molar-refractivity contribution in [1.29, 1.82) is 0 Å². The Bertz CT molecular complexity index is 1950. The molecule has 2 aromatic heterocycles. The van der Waals surface area contributed by atoms with Gasteiger partial charge in [0.1, 0.15) is 17.3 Å². The van der Waals surface area contributed by atoms with Gasteiger partial charge >= 0.3 is 5.97 Å². The van der Waals surface area contributed by atoms with Gasteiger partial charge in [-0.15, -0.1) is 6.42 Å². The van der Waals surface area contributed by atoms with Crippen LogP contribution in [0.2, 0.25) is 5.02 Å². The standard InChI is InChI=1S/C18H17FN4O2S.C13H11ClN2O4S/c1-4-5-22-13-7-12(11(19)6-14(13)25-9-16(22)24)20-17-23-10-18(2,3)8-15(23)21-26-17;1-19-9-6-10(20-2)16-13(15-9)21-8-5-3-4-7(14)11(8)12(17)18/h1,6-7H,5,8-10H2,2-3H3;3-6H,1-2H3,(H,17,18)/b20-17-;. The number of rotatable bonds is 7. The van der Waals surface area contributed by atoms with Gasteiger partial charge < -0.3 is 23.9 Å². The van der Waals surface area contributed by atoms with Crippen LogP contribution in [0, 0.1) is 23.6 Å². The van der Waals surface area contributed by atoms with E-state index in [1.807, 2.05) is 4.57 Å². The summed E-state index contributed by atoms with van der Waals surface area (Å²) in [5.41, 5.74) is 0.687. The number of fused-ring (bicyclic) bond motifs is 2. The number of carbonyl (C=O) groups is 2. The monoisotopic (exact) mass is 698 g/mol. The highest BCUT2D eigenvalue weighted by Gasteiger charge is 2.31.